The quantitative estimate of drug-likeness (QED) is 0.559. The third-order valence-electron chi connectivity index (χ3n) is 4.65. The van der Waals surface area contributed by atoms with Crippen molar-refractivity contribution in [2.75, 3.05) is 14.2 Å². The molecule has 0 saturated carbocycles. The number of benzene rings is 2. The Bertz CT molecular complexity index is 953. The van der Waals surface area contributed by atoms with Gasteiger partial charge in [0, 0.05) is 0 Å². The molecule has 1 aliphatic heterocycles. The normalized spacial score (nSPS) is 12.5. The molecule has 0 fully saturated rings. The number of rotatable bonds is 5. The van der Waals surface area contributed by atoms with E-state index in [1.807, 2.05) is 18.3 Å². The summed E-state index contributed by atoms with van der Waals surface area (Å²) < 4.78 is 15.9. The molecule has 0 radical (unpaired) electrons. The van der Waals surface area contributed by atoms with Crippen molar-refractivity contribution in [1.82, 2.24) is 4.98 Å². The number of nitrogens with zero attached hydrogens (tertiary/aromatic N) is 1. The van der Waals surface area contributed by atoms with Gasteiger partial charge in [0.15, 0.2) is 0 Å². The van der Waals surface area contributed by atoms with Crippen LogP contribution in [0.3, 0.4) is 0 Å². The van der Waals surface area contributed by atoms with Gasteiger partial charge in [0.2, 0.25) is 0 Å². The molecule has 0 spiro atoms. The Balaban J connectivity index is 1.75. The molecule has 2 heterocycles. The van der Waals surface area contributed by atoms with E-state index in [-0.39, 0.29) is 0 Å². The van der Waals surface area contributed by atoms with Crippen LogP contribution in [0.2, 0.25) is 0 Å². The summed E-state index contributed by atoms with van der Waals surface area (Å²) in [6.07, 6.45) is 1.93. The summed E-state index contributed by atoms with van der Waals surface area (Å²) in [5.74, 6) is 1.51. The summed E-state index contributed by atoms with van der Waals surface area (Å²) in [7, 11) is 3.34. The second kappa shape index (κ2) is 7.54. The van der Waals surface area contributed by atoms with Crippen LogP contribution in [0.15, 0.2) is 71.0 Å². The molecule has 2 aromatic carbocycles. The summed E-state index contributed by atoms with van der Waals surface area (Å²) in [4.78, 5) is 4.77. The number of hydrogen-bond acceptors (Lipinski definition) is 3. The van der Waals surface area contributed by atoms with Gasteiger partial charge in [-0.2, -0.15) is 0 Å². The fourth-order valence-electron chi connectivity index (χ4n) is 3.39. The molecule has 4 rings (SSSR count). The van der Waals surface area contributed by atoms with Crippen LogP contribution < -0.4 is 13.2 Å². The summed E-state index contributed by atoms with van der Waals surface area (Å²) in [6, 6.07) is 21.1. The third kappa shape index (κ3) is 3.23. The van der Waals surface area contributed by atoms with Crippen molar-refractivity contribution in [3.8, 4) is 11.5 Å². The second-order valence-corrected chi connectivity index (χ2v) is 12.4. The predicted molar refractivity (Wildman–Crippen MR) is 106 cm³/mol. The molecular weight excluding hydrogens is 429 g/mol. The van der Waals surface area contributed by atoms with E-state index in [1.165, 1.54) is 26.0 Å². The van der Waals surface area contributed by atoms with Crippen molar-refractivity contribution in [1.29, 1.82) is 0 Å². The van der Waals surface area contributed by atoms with Crippen molar-refractivity contribution in [2.45, 2.75) is 4.44 Å². The summed E-state index contributed by atoms with van der Waals surface area (Å²) in [6.45, 7) is 0. The first kappa shape index (κ1) is 17.2. The number of pyridine rings is 1. The van der Waals surface area contributed by atoms with Gasteiger partial charge in [-0.1, -0.05) is 0 Å². The molecule has 0 atom stereocenters. The van der Waals surface area contributed by atoms with Crippen molar-refractivity contribution in [2.24, 2.45) is 0 Å². The minimum absolute atomic E-state index is 0.754. The monoisotopic (exact) mass is 450 g/mol. The van der Waals surface area contributed by atoms with E-state index in [0.717, 1.165) is 15.9 Å². The fourth-order valence-corrected chi connectivity index (χ4v) is 10.7. The molecule has 1 aliphatic rings. The van der Waals surface area contributed by atoms with Gasteiger partial charge < -0.3 is 0 Å². The van der Waals surface area contributed by atoms with Crippen LogP contribution >= 0.6 is 0 Å². The van der Waals surface area contributed by atoms with E-state index in [1.54, 1.807) is 14.2 Å². The second-order valence-electron chi connectivity index (χ2n) is 6.21. The maximum atomic E-state index is 5.50. The van der Waals surface area contributed by atoms with Gasteiger partial charge in [-0.3, -0.25) is 0 Å². The van der Waals surface area contributed by atoms with Gasteiger partial charge in [0.05, 0.1) is 0 Å². The van der Waals surface area contributed by atoms with Crippen molar-refractivity contribution >= 4 is 29.0 Å². The molecule has 128 valence electrons. The van der Waals surface area contributed by atoms with E-state index < -0.39 is 19.8 Å². The Hall–Kier alpha value is -2.27. The molecule has 0 unspecified atom stereocenters. The number of ether oxygens (including phenoxy) is 2. The van der Waals surface area contributed by atoms with E-state index in [4.69, 9.17) is 14.5 Å². The fraction of sp³-hybridized carbons (Fsp3) is 0.136. The van der Waals surface area contributed by atoms with Crippen LogP contribution in [-0.2, 0) is 4.44 Å². The van der Waals surface area contributed by atoms with Crippen LogP contribution in [0.5, 0.6) is 11.5 Å². The van der Waals surface area contributed by atoms with Gasteiger partial charge in [-0.25, -0.2) is 0 Å². The first-order chi connectivity index (χ1) is 12.8. The van der Waals surface area contributed by atoms with Gasteiger partial charge in [-0.05, 0) is 0 Å². The molecule has 4 heteroatoms. The Morgan fingerprint density at radius 2 is 1.69 bits per heavy atom. The van der Waals surface area contributed by atoms with Crippen LogP contribution in [0.4, 0.5) is 0 Å². The van der Waals surface area contributed by atoms with E-state index >= 15 is 0 Å². The Morgan fingerprint density at radius 1 is 0.885 bits per heavy atom. The molecule has 26 heavy (non-hydrogen) atoms. The van der Waals surface area contributed by atoms with Crippen LogP contribution in [-0.4, -0.2) is 39.0 Å². The molecule has 0 N–H and O–H groups in total. The van der Waals surface area contributed by atoms with E-state index in [0.29, 0.717) is 0 Å². The average Bonchev–Trinajstić information content (AvgIpc) is 3.07. The number of aromatic nitrogens is 1. The minimum atomic E-state index is -1.99. The Kier molecular flexibility index (Phi) is 4.97. The number of methoxy groups -OCH3 is 2. The molecule has 0 bridgehead atoms. The summed E-state index contributed by atoms with van der Waals surface area (Å²) in [5.41, 5.74) is 5.15. The molecule has 0 aliphatic carbocycles. The first-order valence-electron chi connectivity index (χ1n) is 8.60. The number of fused-ring (bicyclic) bond motifs is 1. The average molecular weight is 449 g/mol. The third-order valence-corrected chi connectivity index (χ3v) is 11.6. The van der Waals surface area contributed by atoms with E-state index in [2.05, 4.69) is 52.6 Å². The van der Waals surface area contributed by atoms with Gasteiger partial charge in [0.1, 0.15) is 0 Å². The van der Waals surface area contributed by atoms with E-state index in [9.17, 15) is 0 Å². The van der Waals surface area contributed by atoms with Gasteiger partial charge in [0.25, 0.3) is 0 Å². The zero-order valence-corrected chi connectivity index (χ0v) is 17.8. The predicted octanol–water partition coefficient (Wildman–Crippen LogP) is 3.57. The summed E-state index contributed by atoms with van der Waals surface area (Å²) in [5, 5.41) is 0. The van der Waals surface area contributed by atoms with Crippen LogP contribution in [0, 0.1) is 0 Å². The number of hydrogen-bond donors (Lipinski definition) is 0. The van der Waals surface area contributed by atoms with Gasteiger partial charge in [-0.15, -0.1) is 0 Å². The molecule has 3 nitrogen and oxygen atoms in total. The van der Waals surface area contributed by atoms with Crippen LogP contribution in [0.1, 0.15) is 16.7 Å². The molecule has 1 aromatic heterocycles. The zero-order chi connectivity index (χ0) is 17.9. The summed E-state index contributed by atoms with van der Waals surface area (Å²) >= 11 is -1.99. The van der Waals surface area contributed by atoms with Crippen molar-refractivity contribution < 1.29 is 9.47 Å². The molecule has 0 saturated heterocycles. The SMILES string of the molecule is COc1ccc(C2=[CH][Sn+]([CH2]c3ccccc3)[c]3ncccc32)cc1OC. The topological polar surface area (TPSA) is 31.4 Å². The van der Waals surface area contributed by atoms with Crippen molar-refractivity contribution in [3.05, 3.63) is 87.6 Å². The van der Waals surface area contributed by atoms with Gasteiger partial charge >= 0.3 is 161 Å². The molecule has 0 amide bonds. The molecule has 3 aromatic rings. The standard InChI is InChI=1S/C15H13NO2.C7H7.Sn/c1-11(13-5-4-8-16-10-13)12-6-7-14(17-2)15(9-12)18-3;1-7-5-3-2-4-6-7;/h1,4-9H,2-3H3;2-6H,1H2;/q;;+1. The van der Waals surface area contributed by atoms with Crippen molar-refractivity contribution in [3.63, 3.8) is 0 Å². The zero-order valence-electron chi connectivity index (χ0n) is 14.9. The van der Waals surface area contributed by atoms with Crippen LogP contribution in [0.25, 0.3) is 5.57 Å². The first-order valence-corrected chi connectivity index (χ1v) is 13.7. The molecular formula is C22H20NO2Sn+. The maximum absolute atomic E-state index is 5.50. The Labute approximate surface area is 161 Å². The Morgan fingerprint density at radius 3 is 2.46 bits per heavy atom.